The lowest BCUT2D eigenvalue weighted by Crippen LogP contribution is -2.05. The minimum Gasteiger partial charge on any atom is -0.272 e. The van der Waals surface area contributed by atoms with E-state index >= 15 is 0 Å². The third-order valence-electron chi connectivity index (χ3n) is 2.16. The van der Waals surface area contributed by atoms with Gasteiger partial charge in [0.15, 0.2) is 0 Å². The van der Waals surface area contributed by atoms with E-state index < -0.39 is 5.91 Å². The van der Waals surface area contributed by atoms with E-state index in [0.29, 0.717) is 20.7 Å². The number of amides is 1. The monoisotopic (exact) mass is 327 g/mol. The van der Waals surface area contributed by atoms with Crippen LogP contribution in [0, 0.1) is 0 Å². The van der Waals surface area contributed by atoms with Crippen molar-refractivity contribution in [1.82, 2.24) is 4.98 Å². The highest BCUT2D eigenvalue weighted by Gasteiger charge is 2.15. The van der Waals surface area contributed by atoms with Gasteiger partial charge in [0, 0.05) is 24.2 Å². The molecule has 104 valence electrons. The van der Waals surface area contributed by atoms with Gasteiger partial charge in [0.2, 0.25) is 0 Å². The summed E-state index contributed by atoms with van der Waals surface area (Å²) in [6.07, 6.45) is 7.28. The molecule has 0 fully saturated rings. The molecule has 0 unspecified atom stereocenters. The quantitative estimate of drug-likeness (QED) is 0.366. The number of hydrogen-bond acceptors (Lipinski definition) is 4. The van der Waals surface area contributed by atoms with Gasteiger partial charge in [0.25, 0.3) is 5.91 Å². The van der Waals surface area contributed by atoms with Crippen LogP contribution < -0.4 is 0 Å². The standard InChI is InChI=1S/C13H11Cl2N3OS/c1-4-8(5-16-2)12(19)18-13(20-3)11-9(14)6-17-7-10(11)15/h4-7H,1-2H2,3H3/b8-5+,18-13?. The van der Waals surface area contributed by atoms with Gasteiger partial charge in [-0.05, 0) is 13.0 Å². The lowest BCUT2D eigenvalue weighted by atomic mass is 10.2. The Kier molecular flexibility index (Phi) is 6.64. The normalized spacial score (nSPS) is 12.2. The molecule has 0 spiro atoms. The average molecular weight is 328 g/mol. The number of carbonyl (C=O) groups is 1. The Morgan fingerprint density at radius 3 is 2.45 bits per heavy atom. The van der Waals surface area contributed by atoms with E-state index in [2.05, 4.69) is 28.3 Å². The molecular weight excluding hydrogens is 317 g/mol. The zero-order chi connectivity index (χ0) is 15.1. The molecule has 1 rings (SSSR count). The SMILES string of the molecule is C=C/C(=C\N=C)C(=O)N=C(SC)c1c(Cl)cncc1Cl. The number of pyridine rings is 1. The van der Waals surface area contributed by atoms with Crippen LogP contribution >= 0.6 is 35.0 Å². The first-order chi connectivity index (χ1) is 9.54. The molecule has 0 aromatic carbocycles. The van der Waals surface area contributed by atoms with E-state index in [0.717, 1.165) is 0 Å². The van der Waals surface area contributed by atoms with E-state index in [-0.39, 0.29) is 5.57 Å². The largest absolute Gasteiger partial charge is 0.279 e. The van der Waals surface area contributed by atoms with Crippen LogP contribution in [0.25, 0.3) is 0 Å². The van der Waals surface area contributed by atoms with Gasteiger partial charge in [-0.1, -0.05) is 35.9 Å². The minimum atomic E-state index is -0.499. The fraction of sp³-hybridized carbons (Fsp3) is 0.0769. The molecule has 0 bridgehead atoms. The molecule has 20 heavy (non-hydrogen) atoms. The minimum absolute atomic E-state index is 0.229. The number of thioether (sulfide) groups is 1. The van der Waals surface area contributed by atoms with Crippen LogP contribution in [0.3, 0.4) is 0 Å². The van der Waals surface area contributed by atoms with Gasteiger partial charge in [-0.15, -0.1) is 11.8 Å². The summed E-state index contributed by atoms with van der Waals surface area (Å²) in [5.41, 5.74) is 0.701. The number of nitrogens with zero attached hydrogens (tertiary/aromatic N) is 3. The molecule has 1 heterocycles. The highest BCUT2D eigenvalue weighted by Crippen LogP contribution is 2.27. The third kappa shape index (κ3) is 4.03. The van der Waals surface area contributed by atoms with Crippen molar-refractivity contribution >= 4 is 52.6 Å². The Balaban J connectivity index is 3.29. The van der Waals surface area contributed by atoms with E-state index in [1.165, 1.54) is 36.4 Å². The fourth-order valence-electron chi connectivity index (χ4n) is 1.27. The van der Waals surface area contributed by atoms with Gasteiger partial charge in [-0.2, -0.15) is 0 Å². The molecule has 0 saturated carbocycles. The van der Waals surface area contributed by atoms with Crippen molar-refractivity contribution in [2.45, 2.75) is 0 Å². The van der Waals surface area contributed by atoms with Crippen LogP contribution in [0.1, 0.15) is 5.56 Å². The highest BCUT2D eigenvalue weighted by atomic mass is 35.5. The number of aliphatic imine (C=N–C) groups is 2. The molecule has 1 amide bonds. The van der Waals surface area contributed by atoms with Gasteiger partial charge in [-0.25, -0.2) is 4.99 Å². The van der Waals surface area contributed by atoms with Crippen LogP contribution in [-0.2, 0) is 4.79 Å². The topological polar surface area (TPSA) is 54.7 Å². The number of hydrogen-bond donors (Lipinski definition) is 0. The maximum Gasteiger partial charge on any atom is 0.279 e. The van der Waals surface area contributed by atoms with Crippen molar-refractivity contribution in [3.05, 3.63) is 52.4 Å². The highest BCUT2D eigenvalue weighted by molar-refractivity contribution is 8.13. The van der Waals surface area contributed by atoms with E-state index in [1.54, 1.807) is 6.26 Å². The second kappa shape index (κ2) is 7.99. The maximum atomic E-state index is 12.0. The first kappa shape index (κ1) is 16.6. The Bertz CT molecular complexity index is 591. The number of halogens is 2. The number of aromatic nitrogens is 1. The van der Waals surface area contributed by atoms with Crippen molar-refractivity contribution in [2.75, 3.05) is 6.26 Å². The van der Waals surface area contributed by atoms with Crippen molar-refractivity contribution in [3.63, 3.8) is 0 Å². The fourth-order valence-corrected chi connectivity index (χ4v) is 2.52. The van der Waals surface area contributed by atoms with Crippen LogP contribution in [0.4, 0.5) is 0 Å². The first-order valence-electron chi connectivity index (χ1n) is 5.30. The zero-order valence-corrected chi connectivity index (χ0v) is 13.0. The summed E-state index contributed by atoms with van der Waals surface area (Å²) in [6, 6.07) is 0. The molecule has 0 radical (unpaired) electrons. The Morgan fingerprint density at radius 1 is 1.40 bits per heavy atom. The molecule has 0 N–H and O–H groups in total. The summed E-state index contributed by atoms with van der Waals surface area (Å²) in [7, 11) is 0. The van der Waals surface area contributed by atoms with E-state index in [9.17, 15) is 4.79 Å². The third-order valence-corrected chi connectivity index (χ3v) is 3.42. The molecular formula is C13H11Cl2N3OS. The van der Waals surface area contributed by atoms with Gasteiger partial charge < -0.3 is 0 Å². The summed E-state index contributed by atoms with van der Waals surface area (Å²) in [4.78, 5) is 23.4. The van der Waals surface area contributed by atoms with Crippen LogP contribution in [-0.4, -0.2) is 28.9 Å². The Morgan fingerprint density at radius 2 is 2.00 bits per heavy atom. The van der Waals surface area contributed by atoms with Crippen molar-refractivity contribution in [3.8, 4) is 0 Å². The summed E-state index contributed by atoms with van der Waals surface area (Å²) in [5.74, 6) is -0.499. The van der Waals surface area contributed by atoms with Gasteiger partial charge in [-0.3, -0.25) is 14.8 Å². The lowest BCUT2D eigenvalue weighted by molar-refractivity contribution is -0.114. The van der Waals surface area contributed by atoms with E-state index in [4.69, 9.17) is 23.2 Å². The molecule has 4 nitrogen and oxygen atoms in total. The summed E-state index contributed by atoms with van der Waals surface area (Å²) < 4.78 is 0. The molecule has 7 heteroatoms. The number of carbonyl (C=O) groups excluding carboxylic acids is 1. The molecule has 1 aromatic rings. The van der Waals surface area contributed by atoms with Gasteiger partial charge in [0.1, 0.15) is 5.04 Å². The van der Waals surface area contributed by atoms with Gasteiger partial charge in [0.05, 0.1) is 15.6 Å². The first-order valence-corrected chi connectivity index (χ1v) is 7.28. The predicted molar refractivity (Wildman–Crippen MR) is 87.1 cm³/mol. The lowest BCUT2D eigenvalue weighted by Gasteiger charge is -2.07. The summed E-state index contributed by atoms with van der Waals surface area (Å²) in [6.45, 7) is 6.81. The predicted octanol–water partition coefficient (Wildman–Crippen LogP) is 3.80. The molecule has 1 aromatic heterocycles. The molecule has 0 aliphatic carbocycles. The summed E-state index contributed by atoms with van der Waals surface area (Å²) >= 11 is 13.3. The molecule has 0 atom stereocenters. The average Bonchev–Trinajstić information content (AvgIpc) is 2.43. The number of rotatable bonds is 4. The Hall–Kier alpha value is -1.43. The summed E-state index contributed by atoms with van der Waals surface area (Å²) in [5, 5.41) is 1.04. The molecule has 0 aliphatic rings. The van der Waals surface area contributed by atoms with Crippen molar-refractivity contribution in [2.24, 2.45) is 9.98 Å². The Labute approximate surface area is 131 Å². The maximum absolute atomic E-state index is 12.0. The van der Waals surface area contributed by atoms with Crippen molar-refractivity contribution in [1.29, 1.82) is 0 Å². The van der Waals surface area contributed by atoms with Crippen molar-refractivity contribution < 1.29 is 4.79 Å². The second-order valence-corrected chi connectivity index (χ2v) is 4.98. The zero-order valence-electron chi connectivity index (χ0n) is 10.6. The molecule has 0 saturated heterocycles. The molecule has 0 aliphatic heterocycles. The van der Waals surface area contributed by atoms with Crippen LogP contribution in [0.5, 0.6) is 0 Å². The van der Waals surface area contributed by atoms with Crippen LogP contribution in [0.2, 0.25) is 10.0 Å². The van der Waals surface area contributed by atoms with E-state index in [1.807, 2.05) is 0 Å². The van der Waals surface area contributed by atoms with Gasteiger partial charge >= 0.3 is 0 Å². The smallest absolute Gasteiger partial charge is 0.272 e. The van der Waals surface area contributed by atoms with Crippen LogP contribution in [0.15, 0.2) is 46.8 Å². The second-order valence-electron chi connectivity index (χ2n) is 3.38.